The average Bonchev–Trinajstić information content (AvgIpc) is 3.21. The molecule has 0 N–H and O–H groups in total. The third kappa shape index (κ3) is 3.69. The number of nitrogens with zero attached hydrogens (tertiary/aromatic N) is 3. The minimum Gasteiger partial charge on any atom is -0.337 e. The molecule has 0 saturated heterocycles. The monoisotopic (exact) mass is 419 g/mol. The summed E-state index contributed by atoms with van der Waals surface area (Å²) >= 11 is 0. The van der Waals surface area contributed by atoms with Gasteiger partial charge in [-0.05, 0) is 36.8 Å². The molecule has 0 radical (unpaired) electrons. The molecule has 9 heteroatoms. The third-order valence-electron chi connectivity index (χ3n) is 4.65. The van der Waals surface area contributed by atoms with Crippen molar-refractivity contribution in [2.75, 3.05) is 4.90 Å². The molecule has 0 aliphatic carbocycles. The van der Waals surface area contributed by atoms with E-state index in [4.69, 9.17) is 0 Å². The first-order valence-corrected chi connectivity index (χ1v) is 10.0. The molecule has 1 unspecified atom stereocenters. The van der Waals surface area contributed by atoms with Crippen LogP contribution in [0, 0.1) is 0 Å². The first-order chi connectivity index (χ1) is 13.9. The third-order valence-corrected chi connectivity index (χ3v) is 6.14. The summed E-state index contributed by atoms with van der Waals surface area (Å²) in [7, 11) is -1.67. The van der Waals surface area contributed by atoms with Crippen LogP contribution in [-0.4, -0.2) is 19.7 Å². The van der Waals surface area contributed by atoms with E-state index in [1.165, 1.54) is 11.0 Å². The number of para-hydroxylation sites is 1. The highest BCUT2D eigenvalue weighted by Gasteiger charge is 2.36. The highest BCUT2D eigenvalue weighted by molar-refractivity contribution is 7.85. The van der Waals surface area contributed by atoms with E-state index in [0.717, 1.165) is 12.1 Å². The zero-order valence-corrected chi connectivity index (χ0v) is 15.9. The summed E-state index contributed by atoms with van der Waals surface area (Å²) in [5.41, 5.74) is -0.515. The van der Waals surface area contributed by atoms with Gasteiger partial charge in [0.25, 0.3) is 0 Å². The van der Waals surface area contributed by atoms with Crippen LogP contribution in [0.25, 0.3) is 0 Å². The maximum absolute atomic E-state index is 13.3. The van der Waals surface area contributed by atoms with Crippen LogP contribution in [0.1, 0.15) is 18.4 Å². The van der Waals surface area contributed by atoms with Gasteiger partial charge in [0, 0.05) is 25.4 Å². The van der Waals surface area contributed by atoms with Crippen LogP contribution in [0.2, 0.25) is 0 Å². The predicted octanol–water partition coefficient (Wildman–Crippen LogP) is 4.53. The highest BCUT2D eigenvalue weighted by atomic mass is 32.2. The van der Waals surface area contributed by atoms with Crippen LogP contribution in [0.15, 0.2) is 71.0 Å². The molecule has 0 fully saturated rings. The molecule has 0 saturated carbocycles. The Kier molecular flexibility index (Phi) is 4.99. The van der Waals surface area contributed by atoms with E-state index in [1.807, 2.05) is 4.57 Å². The molecule has 5 nitrogen and oxygen atoms in total. The second-order valence-corrected chi connectivity index (χ2v) is 7.97. The number of anilines is 2. The minimum absolute atomic E-state index is 0.0180. The van der Waals surface area contributed by atoms with Gasteiger partial charge in [-0.3, -0.25) is 9.69 Å². The van der Waals surface area contributed by atoms with Crippen molar-refractivity contribution >= 4 is 28.1 Å². The van der Waals surface area contributed by atoms with Crippen LogP contribution in [-0.2, 0) is 28.3 Å². The van der Waals surface area contributed by atoms with Crippen LogP contribution in [0.4, 0.5) is 24.5 Å². The van der Waals surface area contributed by atoms with Crippen molar-refractivity contribution in [3.05, 3.63) is 66.7 Å². The number of halogens is 3. The number of rotatable bonds is 4. The summed E-state index contributed by atoms with van der Waals surface area (Å²) in [6, 6.07) is 9.56. The number of amides is 1. The molecular formula is C20H16F3N3O2S. The van der Waals surface area contributed by atoms with E-state index in [2.05, 4.69) is 4.98 Å². The molecule has 1 amide bonds. The van der Waals surface area contributed by atoms with Crippen molar-refractivity contribution in [1.29, 1.82) is 0 Å². The molecule has 29 heavy (non-hydrogen) atoms. The molecule has 1 aliphatic heterocycles. The molecule has 0 spiro atoms. The molecule has 2 heterocycles. The number of carbonyl (C=O) groups is 1. The van der Waals surface area contributed by atoms with E-state index >= 15 is 0 Å². The van der Waals surface area contributed by atoms with Crippen LogP contribution in [0.5, 0.6) is 0 Å². The number of hydrogen-bond acceptors (Lipinski definition) is 3. The summed E-state index contributed by atoms with van der Waals surface area (Å²) in [5, 5.41) is 0. The molecule has 4 rings (SSSR count). The number of fused-ring (bicyclic) bond motifs is 2. The van der Waals surface area contributed by atoms with E-state index in [-0.39, 0.29) is 22.9 Å². The van der Waals surface area contributed by atoms with Gasteiger partial charge in [0.2, 0.25) is 5.91 Å². The van der Waals surface area contributed by atoms with Gasteiger partial charge < -0.3 is 4.57 Å². The fourth-order valence-electron chi connectivity index (χ4n) is 3.28. The highest BCUT2D eigenvalue weighted by Crippen LogP contribution is 2.44. The smallest absolute Gasteiger partial charge is 0.337 e. The fourth-order valence-corrected chi connectivity index (χ4v) is 4.60. The Balaban J connectivity index is 1.71. The SMILES string of the molecule is O=C(CCCn1ccnc1)N1c2ccccc2S(=O)c2ccc(C(F)(F)F)cc21. The van der Waals surface area contributed by atoms with Gasteiger partial charge in [0.1, 0.15) is 0 Å². The van der Waals surface area contributed by atoms with Gasteiger partial charge in [-0.2, -0.15) is 13.2 Å². The molecule has 150 valence electrons. The largest absolute Gasteiger partial charge is 0.416 e. The maximum atomic E-state index is 13.3. The lowest BCUT2D eigenvalue weighted by Gasteiger charge is -2.31. The van der Waals surface area contributed by atoms with Crippen LogP contribution >= 0.6 is 0 Å². The van der Waals surface area contributed by atoms with E-state index in [9.17, 15) is 22.2 Å². The Bertz CT molecular complexity index is 1080. The topological polar surface area (TPSA) is 55.2 Å². The van der Waals surface area contributed by atoms with Gasteiger partial charge in [0.05, 0.1) is 43.9 Å². The number of alkyl halides is 3. The second-order valence-electron chi connectivity index (χ2n) is 6.55. The van der Waals surface area contributed by atoms with Crippen molar-refractivity contribution in [3.8, 4) is 0 Å². The van der Waals surface area contributed by atoms with E-state index in [1.54, 1.807) is 43.0 Å². The fraction of sp³-hybridized carbons (Fsp3) is 0.200. The lowest BCUT2D eigenvalue weighted by atomic mass is 10.1. The number of carbonyl (C=O) groups excluding carboxylic acids is 1. The molecule has 1 aliphatic rings. The number of aromatic nitrogens is 2. The lowest BCUT2D eigenvalue weighted by molar-refractivity contribution is -0.137. The molecule has 1 atom stereocenters. The van der Waals surface area contributed by atoms with Crippen molar-refractivity contribution in [3.63, 3.8) is 0 Å². The van der Waals surface area contributed by atoms with Gasteiger partial charge in [-0.15, -0.1) is 0 Å². The zero-order chi connectivity index (χ0) is 20.6. The summed E-state index contributed by atoms with van der Waals surface area (Å²) in [6.45, 7) is 0.558. The maximum Gasteiger partial charge on any atom is 0.416 e. The molecule has 0 bridgehead atoms. The van der Waals surface area contributed by atoms with Crippen molar-refractivity contribution in [2.45, 2.75) is 35.4 Å². The van der Waals surface area contributed by atoms with Gasteiger partial charge >= 0.3 is 6.18 Å². The second kappa shape index (κ2) is 7.47. The van der Waals surface area contributed by atoms with Gasteiger partial charge in [-0.1, -0.05) is 12.1 Å². The quantitative estimate of drug-likeness (QED) is 0.625. The first kappa shape index (κ1) is 19.4. The first-order valence-electron chi connectivity index (χ1n) is 8.87. The summed E-state index contributed by atoms with van der Waals surface area (Å²) in [5.74, 6) is -0.352. The van der Waals surface area contributed by atoms with Crippen LogP contribution < -0.4 is 4.90 Å². The van der Waals surface area contributed by atoms with E-state index in [0.29, 0.717) is 23.5 Å². The number of imidazole rings is 1. The summed E-state index contributed by atoms with van der Waals surface area (Å²) in [4.78, 5) is 18.8. The van der Waals surface area contributed by atoms with Gasteiger partial charge in [-0.25, -0.2) is 9.19 Å². The molecule has 1 aromatic heterocycles. The summed E-state index contributed by atoms with van der Waals surface area (Å²) < 4.78 is 54.5. The average molecular weight is 419 g/mol. The number of aryl methyl sites for hydroxylation is 1. The zero-order valence-electron chi connectivity index (χ0n) is 15.1. The molecule has 3 aromatic rings. The Morgan fingerprint density at radius 3 is 2.55 bits per heavy atom. The summed E-state index contributed by atoms with van der Waals surface area (Å²) in [6.07, 6.45) is 1.08. The van der Waals surface area contributed by atoms with Gasteiger partial charge in [0.15, 0.2) is 0 Å². The van der Waals surface area contributed by atoms with Crippen molar-refractivity contribution in [2.24, 2.45) is 0 Å². The number of benzene rings is 2. The van der Waals surface area contributed by atoms with Crippen molar-refractivity contribution < 1.29 is 22.2 Å². The Morgan fingerprint density at radius 1 is 1.07 bits per heavy atom. The Labute approximate surface area is 167 Å². The minimum atomic E-state index is -4.57. The standard InChI is InChI=1S/C20H16F3N3O2S/c21-20(22,23)14-7-8-18-16(12-14)26(15-4-1-2-5-17(15)29(18)28)19(27)6-3-10-25-11-9-24-13-25/h1-2,4-5,7-9,11-13H,3,6,10H2. The van der Waals surface area contributed by atoms with Crippen molar-refractivity contribution in [1.82, 2.24) is 9.55 Å². The van der Waals surface area contributed by atoms with Crippen LogP contribution in [0.3, 0.4) is 0 Å². The molecular weight excluding hydrogens is 403 g/mol. The molecule has 2 aromatic carbocycles. The van der Waals surface area contributed by atoms with E-state index < -0.39 is 22.5 Å². The predicted molar refractivity (Wildman–Crippen MR) is 101 cm³/mol. The lowest BCUT2D eigenvalue weighted by Crippen LogP contribution is -2.31. The Hall–Kier alpha value is -2.94. The number of hydrogen-bond donors (Lipinski definition) is 0. The Morgan fingerprint density at radius 2 is 1.83 bits per heavy atom. The normalized spacial score (nSPS) is 15.7.